The molecule has 0 fully saturated rings. The topological polar surface area (TPSA) is 55.1 Å². The van der Waals surface area contributed by atoms with Crippen LogP contribution in [0.3, 0.4) is 0 Å². The summed E-state index contributed by atoms with van der Waals surface area (Å²) in [5.74, 6) is 0.462. The Kier molecular flexibility index (Phi) is 3.95. The van der Waals surface area contributed by atoms with Crippen molar-refractivity contribution < 1.29 is 9.32 Å². The Bertz CT molecular complexity index is 285. The van der Waals surface area contributed by atoms with E-state index in [9.17, 15) is 4.79 Å². The number of aryl methyl sites for hydroxylation is 1. The third-order valence-corrected chi connectivity index (χ3v) is 2.02. The molecule has 0 aromatic carbocycles. The molecule has 1 N–H and O–H groups in total. The number of carbonyl (C=O) groups is 1. The van der Waals surface area contributed by atoms with Gasteiger partial charge >= 0.3 is 0 Å². The molecule has 1 heterocycles. The van der Waals surface area contributed by atoms with Gasteiger partial charge in [-0.25, -0.2) is 0 Å². The number of halogens is 1. The standard InChI is InChI=1S/C8H11BrN2O2/c1-6-5-7(11-13-6)8(12)10-4-2-3-9/h5H,2-4H2,1H3,(H,10,12). The first-order chi connectivity index (χ1) is 6.24. The fourth-order valence-corrected chi connectivity index (χ4v) is 1.11. The first-order valence-electron chi connectivity index (χ1n) is 4.01. The van der Waals surface area contributed by atoms with E-state index in [4.69, 9.17) is 4.52 Å². The molecule has 0 aliphatic heterocycles. The van der Waals surface area contributed by atoms with Gasteiger partial charge in [0, 0.05) is 17.9 Å². The first-order valence-corrected chi connectivity index (χ1v) is 5.13. The Morgan fingerprint density at radius 3 is 3.08 bits per heavy atom. The lowest BCUT2D eigenvalue weighted by molar-refractivity contribution is 0.0945. The van der Waals surface area contributed by atoms with Crippen LogP contribution in [0.25, 0.3) is 0 Å². The second-order valence-corrected chi connectivity index (χ2v) is 3.41. The fourth-order valence-electron chi connectivity index (χ4n) is 0.833. The Morgan fingerprint density at radius 2 is 2.54 bits per heavy atom. The molecule has 0 unspecified atom stereocenters. The van der Waals surface area contributed by atoms with Gasteiger partial charge in [-0.05, 0) is 13.3 Å². The van der Waals surface area contributed by atoms with Gasteiger partial charge in [-0.3, -0.25) is 4.79 Å². The van der Waals surface area contributed by atoms with E-state index < -0.39 is 0 Å². The van der Waals surface area contributed by atoms with Crippen LogP contribution in [0.2, 0.25) is 0 Å². The molecule has 0 saturated heterocycles. The van der Waals surface area contributed by atoms with Gasteiger partial charge in [-0.15, -0.1) is 0 Å². The van der Waals surface area contributed by atoms with Gasteiger partial charge in [-0.2, -0.15) is 0 Å². The Hall–Kier alpha value is -0.840. The van der Waals surface area contributed by atoms with Crippen molar-refractivity contribution in [1.82, 2.24) is 10.5 Å². The number of nitrogens with zero attached hydrogens (tertiary/aromatic N) is 1. The third-order valence-electron chi connectivity index (χ3n) is 1.46. The average molecular weight is 247 g/mol. The van der Waals surface area contributed by atoms with E-state index in [1.165, 1.54) is 0 Å². The predicted molar refractivity (Wildman–Crippen MR) is 52.0 cm³/mol. The molecule has 1 rings (SSSR count). The minimum atomic E-state index is -0.183. The van der Waals surface area contributed by atoms with Crippen molar-refractivity contribution in [2.45, 2.75) is 13.3 Å². The largest absolute Gasteiger partial charge is 0.361 e. The third kappa shape index (κ3) is 3.18. The van der Waals surface area contributed by atoms with Gasteiger partial charge in [0.05, 0.1) is 0 Å². The monoisotopic (exact) mass is 246 g/mol. The number of aromatic nitrogens is 1. The Morgan fingerprint density at radius 1 is 1.77 bits per heavy atom. The average Bonchev–Trinajstić information content (AvgIpc) is 2.52. The molecule has 72 valence electrons. The van der Waals surface area contributed by atoms with E-state index in [0.717, 1.165) is 11.8 Å². The zero-order chi connectivity index (χ0) is 9.68. The molecule has 0 atom stereocenters. The van der Waals surface area contributed by atoms with Gasteiger partial charge in [0.1, 0.15) is 5.76 Å². The lowest BCUT2D eigenvalue weighted by Crippen LogP contribution is -2.24. The van der Waals surface area contributed by atoms with Gasteiger partial charge in [0.15, 0.2) is 5.69 Å². The molecule has 0 aliphatic carbocycles. The lowest BCUT2D eigenvalue weighted by Gasteiger charge is -1.98. The van der Waals surface area contributed by atoms with Crippen LogP contribution in [0.5, 0.6) is 0 Å². The van der Waals surface area contributed by atoms with Crippen molar-refractivity contribution in [2.75, 3.05) is 11.9 Å². The molecule has 1 aromatic heterocycles. The van der Waals surface area contributed by atoms with E-state index in [1.807, 2.05) is 0 Å². The molecular weight excluding hydrogens is 236 g/mol. The maximum absolute atomic E-state index is 11.3. The normalized spacial score (nSPS) is 10.0. The number of carbonyl (C=O) groups excluding carboxylic acids is 1. The van der Waals surface area contributed by atoms with Crippen molar-refractivity contribution in [1.29, 1.82) is 0 Å². The smallest absolute Gasteiger partial charge is 0.273 e. The van der Waals surface area contributed by atoms with E-state index in [1.54, 1.807) is 13.0 Å². The number of nitrogens with one attached hydrogen (secondary N) is 1. The van der Waals surface area contributed by atoms with Gasteiger partial charge < -0.3 is 9.84 Å². The van der Waals surface area contributed by atoms with E-state index in [0.29, 0.717) is 18.0 Å². The molecular formula is C8H11BrN2O2. The van der Waals surface area contributed by atoms with Gasteiger partial charge in [0.25, 0.3) is 5.91 Å². The van der Waals surface area contributed by atoms with Crippen LogP contribution >= 0.6 is 15.9 Å². The van der Waals surface area contributed by atoms with Crippen LogP contribution in [0.4, 0.5) is 0 Å². The molecule has 0 bridgehead atoms. The summed E-state index contributed by atoms with van der Waals surface area (Å²) < 4.78 is 4.77. The Balaban J connectivity index is 2.40. The highest BCUT2D eigenvalue weighted by atomic mass is 79.9. The molecule has 0 spiro atoms. The number of alkyl halides is 1. The van der Waals surface area contributed by atoms with Gasteiger partial charge in [-0.1, -0.05) is 21.1 Å². The minimum Gasteiger partial charge on any atom is -0.361 e. The van der Waals surface area contributed by atoms with Gasteiger partial charge in [0.2, 0.25) is 0 Å². The summed E-state index contributed by atoms with van der Waals surface area (Å²) in [6, 6.07) is 1.61. The molecule has 0 aliphatic rings. The van der Waals surface area contributed by atoms with E-state index in [2.05, 4.69) is 26.4 Å². The van der Waals surface area contributed by atoms with Crippen LogP contribution in [0, 0.1) is 6.92 Å². The van der Waals surface area contributed by atoms with Crippen LogP contribution in [-0.4, -0.2) is 22.9 Å². The Labute approximate surface area is 84.8 Å². The van der Waals surface area contributed by atoms with Crippen LogP contribution in [0.15, 0.2) is 10.6 Å². The quantitative estimate of drug-likeness (QED) is 0.647. The first kappa shape index (κ1) is 10.2. The highest BCUT2D eigenvalue weighted by Gasteiger charge is 2.08. The summed E-state index contributed by atoms with van der Waals surface area (Å²) in [6.07, 6.45) is 0.905. The van der Waals surface area contributed by atoms with Crippen molar-refractivity contribution in [3.63, 3.8) is 0 Å². The molecule has 5 heteroatoms. The van der Waals surface area contributed by atoms with Crippen molar-refractivity contribution >= 4 is 21.8 Å². The number of amides is 1. The van der Waals surface area contributed by atoms with E-state index >= 15 is 0 Å². The lowest BCUT2D eigenvalue weighted by atomic mass is 10.3. The maximum Gasteiger partial charge on any atom is 0.273 e. The summed E-state index contributed by atoms with van der Waals surface area (Å²) in [7, 11) is 0. The number of hydrogen-bond donors (Lipinski definition) is 1. The summed E-state index contributed by atoms with van der Waals surface area (Å²) in [5, 5.41) is 7.20. The zero-order valence-electron chi connectivity index (χ0n) is 7.34. The van der Waals surface area contributed by atoms with Crippen LogP contribution in [-0.2, 0) is 0 Å². The molecule has 13 heavy (non-hydrogen) atoms. The highest BCUT2D eigenvalue weighted by Crippen LogP contribution is 2.00. The second-order valence-electron chi connectivity index (χ2n) is 2.62. The molecule has 0 saturated carbocycles. The van der Waals surface area contributed by atoms with Crippen molar-refractivity contribution in [3.05, 3.63) is 17.5 Å². The summed E-state index contributed by atoms with van der Waals surface area (Å²) >= 11 is 3.27. The van der Waals surface area contributed by atoms with Crippen molar-refractivity contribution in [3.8, 4) is 0 Å². The van der Waals surface area contributed by atoms with Crippen LogP contribution in [0.1, 0.15) is 22.7 Å². The zero-order valence-corrected chi connectivity index (χ0v) is 8.93. The van der Waals surface area contributed by atoms with Crippen LogP contribution < -0.4 is 5.32 Å². The molecule has 1 aromatic rings. The molecule has 1 amide bonds. The highest BCUT2D eigenvalue weighted by molar-refractivity contribution is 9.09. The van der Waals surface area contributed by atoms with Crippen molar-refractivity contribution in [2.24, 2.45) is 0 Å². The molecule has 4 nitrogen and oxygen atoms in total. The maximum atomic E-state index is 11.3. The summed E-state index contributed by atoms with van der Waals surface area (Å²) in [4.78, 5) is 11.3. The SMILES string of the molecule is Cc1cc(C(=O)NCCCBr)no1. The number of hydrogen-bond acceptors (Lipinski definition) is 3. The van der Waals surface area contributed by atoms with E-state index in [-0.39, 0.29) is 5.91 Å². The second kappa shape index (κ2) is 5.01. The summed E-state index contributed by atoms with van der Waals surface area (Å²) in [6.45, 7) is 2.40. The minimum absolute atomic E-state index is 0.183. The summed E-state index contributed by atoms with van der Waals surface area (Å²) in [5.41, 5.74) is 0.340. The predicted octanol–water partition coefficient (Wildman–Crippen LogP) is 1.50. The molecule has 0 radical (unpaired) electrons. The fraction of sp³-hybridized carbons (Fsp3) is 0.500. The number of rotatable bonds is 4.